The second-order valence-electron chi connectivity index (χ2n) is 4.29. The van der Waals surface area contributed by atoms with Crippen molar-refractivity contribution in [2.24, 2.45) is 5.73 Å². The lowest BCUT2D eigenvalue weighted by Gasteiger charge is -2.28. The molecule has 0 heterocycles. The summed E-state index contributed by atoms with van der Waals surface area (Å²) in [5.41, 5.74) is 5.49. The van der Waals surface area contributed by atoms with Crippen molar-refractivity contribution in [2.75, 3.05) is 0 Å². The molecule has 94 valence electrons. The maximum absolute atomic E-state index is 11.5. The molecule has 0 saturated heterocycles. The third kappa shape index (κ3) is 4.15. The van der Waals surface area contributed by atoms with Crippen LogP contribution in [0.4, 0.5) is 0 Å². The number of hydrogen-bond acceptors (Lipinski definition) is 5. The summed E-state index contributed by atoms with van der Waals surface area (Å²) in [6.07, 6.45) is 2.83. The number of aliphatic hydroxyl groups excluding tert-OH is 1. The number of aliphatic hydroxyl groups is 1. The van der Waals surface area contributed by atoms with E-state index in [1.807, 2.05) is 0 Å². The van der Waals surface area contributed by atoms with Crippen LogP contribution in [0, 0.1) is 0 Å². The molecule has 0 aromatic heterocycles. The fraction of sp³-hybridized carbons (Fsp3) is 0.900. The molecule has 4 N–H and O–H groups in total. The van der Waals surface area contributed by atoms with E-state index >= 15 is 0 Å². The lowest BCUT2D eigenvalue weighted by molar-refractivity contribution is -0.154. The van der Waals surface area contributed by atoms with Gasteiger partial charge in [-0.2, -0.15) is 0 Å². The summed E-state index contributed by atoms with van der Waals surface area (Å²) in [5.74, 6) is -0.499. The van der Waals surface area contributed by atoms with E-state index in [0.717, 1.165) is 25.7 Å². The molecule has 1 aliphatic carbocycles. The van der Waals surface area contributed by atoms with Crippen molar-refractivity contribution in [3.05, 3.63) is 0 Å². The lowest BCUT2D eigenvalue weighted by atomic mass is 9.93. The minimum Gasteiger partial charge on any atom is -0.461 e. The summed E-state index contributed by atoms with van der Waals surface area (Å²) in [7, 11) is 0. The number of ether oxygens (including phenoxy) is 1. The van der Waals surface area contributed by atoms with Crippen LogP contribution in [-0.4, -0.2) is 35.4 Å². The minimum atomic E-state index is -0.930. The van der Waals surface area contributed by atoms with Crippen LogP contribution in [0.1, 0.15) is 32.6 Å². The van der Waals surface area contributed by atoms with Crippen molar-refractivity contribution in [3.63, 3.8) is 0 Å². The van der Waals surface area contributed by atoms with Crippen LogP contribution in [0.3, 0.4) is 0 Å². The Morgan fingerprint density at radius 3 is 2.50 bits per heavy atom. The summed E-state index contributed by atoms with van der Waals surface area (Å²) in [6.45, 7) is 1.49. The summed E-state index contributed by atoms with van der Waals surface area (Å²) in [5, 5.41) is 9.16. The van der Waals surface area contributed by atoms with Gasteiger partial charge in [0.25, 0.3) is 0 Å². The zero-order chi connectivity index (χ0) is 12.1. The van der Waals surface area contributed by atoms with Crippen molar-refractivity contribution in [2.45, 2.75) is 56.9 Å². The Morgan fingerprint density at radius 1 is 1.50 bits per heavy atom. The van der Waals surface area contributed by atoms with Gasteiger partial charge in [-0.1, -0.05) is 0 Å². The van der Waals surface area contributed by atoms with Gasteiger partial charge in [0.2, 0.25) is 0 Å². The van der Waals surface area contributed by atoms with E-state index in [-0.39, 0.29) is 6.10 Å². The molecule has 6 heteroatoms. The maximum Gasteiger partial charge on any atom is 0.325 e. The molecule has 0 bridgehead atoms. The number of rotatable bonds is 4. The first-order chi connectivity index (χ1) is 7.54. The largest absolute Gasteiger partial charge is 0.461 e. The Morgan fingerprint density at radius 2 is 2.06 bits per heavy atom. The number of carbonyl (C=O) groups excluding carboxylic acids is 1. The predicted octanol–water partition coefficient (Wildman–Crippen LogP) is 0.488. The number of nitrogens with one attached hydrogen (secondary N) is 1. The first-order valence-corrected chi connectivity index (χ1v) is 6.62. The molecule has 5 nitrogen and oxygen atoms in total. The number of hydrogen-bond donors (Lipinski definition) is 3. The number of carbonyl (C=O) groups is 1. The SMILES string of the molecule is C[C@H](O)[C@H](N)C(=O)O[C@H]1CC[C@H](NI)CC1. The van der Waals surface area contributed by atoms with Gasteiger partial charge in [-0.05, 0) is 32.6 Å². The highest BCUT2D eigenvalue weighted by atomic mass is 127. The monoisotopic (exact) mass is 342 g/mol. The summed E-state index contributed by atoms with van der Waals surface area (Å²) in [4.78, 5) is 11.5. The molecule has 1 fully saturated rings. The molecule has 0 spiro atoms. The predicted molar refractivity (Wildman–Crippen MR) is 68.9 cm³/mol. The van der Waals surface area contributed by atoms with Gasteiger partial charge in [0.05, 0.1) is 6.10 Å². The maximum atomic E-state index is 11.5. The van der Waals surface area contributed by atoms with E-state index in [4.69, 9.17) is 15.6 Å². The smallest absolute Gasteiger partial charge is 0.325 e. The van der Waals surface area contributed by atoms with Gasteiger partial charge >= 0.3 is 5.97 Å². The standard InChI is InChI=1S/C10H19IN2O3/c1-6(14)9(12)10(15)16-8-4-2-7(13-11)3-5-8/h6-9,13-14H,2-5,12H2,1H3/t6-,7-,8-,9-/m0/s1. The second kappa shape index (κ2) is 6.73. The van der Waals surface area contributed by atoms with Crippen molar-refractivity contribution >= 4 is 28.8 Å². The summed E-state index contributed by atoms with van der Waals surface area (Å²) >= 11 is 2.15. The van der Waals surface area contributed by atoms with E-state index in [9.17, 15) is 4.79 Å². The molecular formula is C10H19IN2O3. The number of halogens is 1. The first kappa shape index (κ1) is 14.1. The van der Waals surface area contributed by atoms with E-state index in [1.165, 1.54) is 6.92 Å². The van der Waals surface area contributed by atoms with E-state index in [2.05, 4.69) is 26.4 Å². The molecule has 2 atom stereocenters. The van der Waals surface area contributed by atoms with Crippen molar-refractivity contribution in [1.82, 2.24) is 3.53 Å². The Labute approximate surface area is 110 Å². The van der Waals surface area contributed by atoms with Gasteiger partial charge in [-0.15, -0.1) is 0 Å². The fourth-order valence-corrected chi connectivity index (χ4v) is 2.35. The van der Waals surface area contributed by atoms with Crippen LogP contribution in [-0.2, 0) is 9.53 Å². The zero-order valence-corrected chi connectivity index (χ0v) is 11.5. The number of nitrogens with two attached hydrogens (primary N) is 1. The molecule has 1 aliphatic rings. The van der Waals surface area contributed by atoms with E-state index in [1.54, 1.807) is 0 Å². The van der Waals surface area contributed by atoms with E-state index < -0.39 is 18.1 Å². The van der Waals surface area contributed by atoms with Gasteiger partial charge in [-0.3, -0.25) is 8.32 Å². The topological polar surface area (TPSA) is 84.6 Å². The molecular weight excluding hydrogens is 323 g/mol. The van der Waals surface area contributed by atoms with Gasteiger partial charge in [0.15, 0.2) is 0 Å². The molecule has 0 aromatic rings. The fourth-order valence-electron chi connectivity index (χ4n) is 1.73. The van der Waals surface area contributed by atoms with Gasteiger partial charge in [-0.25, -0.2) is 0 Å². The highest BCUT2D eigenvalue weighted by molar-refractivity contribution is 14.1. The van der Waals surface area contributed by atoms with Crippen molar-refractivity contribution in [1.29, 1.82) is 0 Å². The molecule has 0 aromatic carbocycles. The molecule has 16 heavy (non-hydrogen) atoms. The first-order valence-electron chi connectivity index (χ1n) is 5.55. The third-order valence-electron chi connectivity index (χ3n) is 2.90. The van der Waals surface area contributed by atoms with Crippen LogP contribution >= 0.6 is 22.9 Å². The average Bonchev–Trinajstić information content (AvgIpc) is 2.28. The Hall–Kier alpha value is 0.0800. The van der Waals surface area contributed by atoms with Crippen molar-refractivity contribution in [3.8, 4) is 0 Å². The molecule has 0 unspecified atom stereocenters. The van der Waals surface area contributed by atoms with Gasteiger partial charge in [0, 0.05) is 28.9 Å². The minimum absolute atomic E-state index is 0.0432. The van der Waals surface area contributed by atoms with Crippen LogP contribution in [0.5, 0.6) is 0 Å². The van der Waals surface area contributed by atoms with Gasteiger partial charge in [0.1, 0.15) is 12.1 Å². The van der Waals surface area contributed by atoms with E-state index in [0.29, 0.717) is 6.04 Å². The molecule has 0 radical (unpaired) electrons. The lowest BCUT2D eigenvalue weighted by Crippen LogP contribution is -2.43. The zero-order valence-electron chi connectivity index (χ0n) is 9.36. The second-order valence-corrected chi connectivity index (χ2v) is 4.91. The van der Waals surface area contributed by atoms with Crippen LogP contribution in [0.15, 0.2) is 0 Å². The molecule has 1 rings (SSSR count). The summed E-state index contributed by atoms with van der Waals surface area (Å²) in [6, 6.07) is -0.415. The average molecular weight is 342 g/mol. The highest BCUT2D eigenvalue weighted by Crippen LogP contribution is 2.22. The normalized spacial score (nSPS) is 29.5. The van der Waals surface area contributed by atoms with Crippen LogP contribution in [0.2, 0.25) is 0 Å². The molecule has 1 saturated carbocycles. The highest BCUT2D eigenvalue weighted by Gasteiger charge is 2.27. The van der Waals surface area contributed by atoms with Gasteiger partial charge < -0.3 is 15.6 Å². The Bertz CT molecular complexity index is 230. The van der Waals surface area contributed by atoms with Crippen LogP contribution in [0.25, 0.3) is 0 Å². The van der Waals surface area contributed by atoms with Crippen molar-refractivity contribution < 1.29 is 14.6 Å². The van der Waals surface area contributed by atoms with Crippen LogP contribution < -0.4 is 9.26 Å². The Kier molecular flexibility index (Phi) is 5.95. The summed E-state index contributed by atoms with van der Waals surface area (Å²) < 4.78 is 8.44. The number of esters is 1. The third-order valence-corrected chi connectivity index (χ3v) is 3.78. The molecule has 0 aliphatic heterocycles. The Balaban J connectivity index is 2.31. The quantitative estimate of drug-likeness (QED) is 0.393. The molecule has 0 amide bonds.